The number of ketones is 1. The Morgan fingerprint density at radius 3 is 2.34 bits per heavy atom. The molecule has 0 unspecified atom stereocenters. The molecule has 8 fully saturated rings. The Balaban J connectivity index is 1.00. The molecule has 2 spiro atoms. The van der Waals surface area contributed by atoms with E-state index in [1.807, 2.05) is 26.0 Å². The molecule has 9 aliphatic rings. The number of aliphatic hydroxyl groups is 3. The highest BCUT2D eigenvalue weighted by atomic mass is 16.8. The van der Waals surface area contributed by atoms with Gasteiger partial charge in [-0.1, -0.05) is 37.6 Å². The number of esters is 1. The van der Waals surface area contributed by atoms with Crippen molar-refractivity contribution in [1.29, 1.82) is 0 Å². The molecule has 10 bridgehead atoms. The number of carbonyl (C=O) groups is 2. The molecule has 0 aromatic heterocycles. The first-order valence-electron chi connectivity index (χ1n) is 23.3. The molecule has 9 rings (SSSR count). The third-order valence-corrected chi connectivity index (χ3v) is 15.9. The Labute approximate surface area is 360 Å². The SMILES string of the molecule is CC1=C\[C@@H](C)C[C@]2(C)CC[C@H](O2)[C@]23CC[C@](C)(C[C@H](O2)[C@@H]2O[C@@](C)(CC2=O)[C@@H](O)[C@H]2CC[C@@]4(CCC[C@@H](O4)[C@H](C)C(=O)O[C@H]4C[C@H]([C@]5(O)OCC[C@H](C)[C@@H]5O)O[C@H]4\C=C\1)O2)O3. The van der Waals surface area contributed by atoms with E-state index in [0.717, 1.165) is 37.7 Å². The quantitative estimate of drug-likeness (QED) is 0.291. The van der Waals surface area contributed by atoms with Crippen molar-refractivity contribution < 1.29 is 67.5 Å². The van der Waals surface area contributed by atoms with Crippen LogP contribution in [0.2, 0.25) is 0 Å². The van der Waals surface area contributed by atoms with E-state index in [1.54, 1.807) is 13.8 Å². The summed E-state index contributed by atoms with van der Waals surface area (Å²) in [4.78, 5) is 28.0. The summed E-state index contributed by atoms with van der Waals surface area (Å²) in [6.45, 7) is 14.1. The smallest absolute Gasteiger partial charge is 0.311 e. The topological polar surface area (TPSA) is 178 Å². The summed E-state index contributed by atoms with van der Waals surface area (Å²) in [7, 11) is 0. The number of ether oxygens (including phenoxy) is 9. The van der Waals surface area contributed by atoms with Gasteiger partial charge >= 0.3 is 5.97 Å². The zero-order valence-corrected chi connectivity index (χ0v) is 37.2. The Bertz CT molecular complexity index is 1750. The molecule has 14 nitrogen and oxygen atoms in total. The molecule has 0 amide bonds. The third-order valence-electron chi connectivity index (χ3n) is 15.9. The number of rotatable bonds is 1. The number of Topliss-reactive ketones (excluding diaryl/α,β-unsaturated/α-hetero) is 1. The second-order valence-electron chi connectivity index (χ2n) is 21.3. The van der Waals surface area contributed by atoms with Crippen LogP contribution in [0, 0.1) is 17.8 Å². The molecule has 19 atom stereocenters. The van der Waals surface area contributed by atoms with Gasteiger partial charge in [0.05, 0.1) is 42.0 Å². The third kappa shape index (κ3) is 8.14. The number of allylic oxidation sites excluding steroid dienone is 3. The van der Waals surface area contributed by atoms with Crippen LogP contribution >= 0.6 is 0 Å². The van der Waals surface area contributed by atoms with Crippen LogP contribution in [0.3, 0.4) is 0 Å². The van der Waals surface area contributed by atoms with E-state index in [2.05, 4.69) is 26.8 Å². The highest BCUT2D eigenvalue weighted by molar-refractivity contribution is 5.86. The van der Waals surface area contributed by atoms with Gasteiger partial charge in [-0.05, 0) is 97.8 Å². The van der Waals surface area contributed by atoms with Crippen molar-refractivity contribution in [2.24, 2.45) is 17.8 Å². The first kappa shape index (κ1) is 44.4. The van der Waals surface area contributed by atoms with Crippen LogP contribution in [0.1, 0.15) is 138 Å². The van der Waals surface area contributed by atoms with Crippen molar-refractivity contribution in [2.45, 2.75) is 234 Å². The highest BCUT2D eigenvalue weighted by Crippen LogP contribution is 2.55. The lowest BCUT2D eigenvalue weighted by atomic mass is 9.87. The molecule has 8 saturated heterocycles. The fraction of sp³-hybridized carbons (Fsp3) is 0.872. The van der Waals surface area contributed by atoms with E-state index < -0.39 is 101 Å². The normalized spacial score (nSPS) is 55.7. The van der Waals surface area contributed by atoms with Crippen molar-refractivity contribution >= 4 is 11.8 Å². The molecule has 9 heterocycles. The average Bonchev–Trinajstić information content (AvgIpc) is 4.02. The van der Waals surface area contributed by atoms with Crippen molar-refractivity contribution in [3.8, 4) is 0 Å². The molecular weight excluding hydrogens is 789 g/mol. The summed E-state index contributed by atoms with van der Waals surface area (Å²) in [5.41, 5.74) is -1.17. The van der Waals surface area contributed by atoms with Gasteiger partial charge in [0.15, 0.2) is 17.4 Å². The maximum Gasteiger partial charge on any atom is 0.311 e. The molecule has 9 aliphatic heterocycles. The van der Waals surface area contributed by atoms with Gasteiger partial charge in [-0.3, -0.25) is 9.59 Å². The van der Waals surface area contributed by atoms with Crippen LogP contribution < -0.4 is 0 Å². The van der Waals surface area contributed by atoms with Gasteiger partial charge in [0.25, 0.3) is 0 Å². The van der Waals surface area contributed by atoms with Crippen LogP contribution in [0.4, 0.5) is 0 Å². The molecule has 3 N–H and O–H groups in total. The fourth-order valence-electron chi connectivity index (χ4n) is 12.5. The minimum Gasteiger partial charge on any atom is -0.459 e. The highest BCUT2D eigenvalue weighted by Gasteiger charge is 2.65. The van der Waals surface area contributed by atoms with Crippen molar-refractivity contribution in [3.63, 3.8) is 0 Å². The number of hydrogen-bond donors (Lipinski definition) is 3. The van der Waals surface area contributed by atoms with Gasteiger partial charge in [-0.2, -0.15) is 0 Å². The summed E-state index contributed by atoms with van der Waals surface area (Å²) in [5, 5.41) is 34.8. The van der Waals surface area contributed by atoms with Gasteiger partial charge in [0.1, 0.15) is 48.3 Å². The lowest BCUT2D eigenvalue weighted by Gasteiger charge is -2.47. The van der Waals surface area contributed by atoms with Crippen LogP contribution in [0.5, 0.6) is 0 Å². The Kier molecular flexibility index (Phi) is 11.6. The van der Waals surface area contributed by atoms with Crippen molar-refractivity contribution in [1.82, 2.24) is 0 Å². The van der Waals surface area contributed by atoms with Gasteiger partial charge in [-0.15, -0.1) is 0 Å². The summed E-state index contributed by atoms with van der Waals surface area (Å²) >= 11 is 0. The van der Waals surface area contributed by atoms with E-state index in [9.17, 15) is 24.9 Å². The minimum atomic E-state index is -1.95. The molecule has 61 heavy (non-hydrogen) atoms. The summed E-state index contributed by atoms with van der Waals surface area (Å²) in [5.74, 6) is -5.28. The second kappa shape index (κ2) is 16.0. The largest absolute Gasteiger partial charge is 0.459 e. The standard InChI is InChI=1S/C47H70O14/c1-26-10-11-32-34(22-37(54-32)47(52)39(49)28(3)14-20-53-47)55-41(51)29(4)31-9-8-15-45(56-31)17-12-33(57-45)40(50)44(7)24-30(48)38(60-44)35-25-43(6)18-19-46(58-35,61-43)36-13-16-42(5,59-36)23-27(2)21-26/h10-11,21,27-29,31-40,49-50,52H,8-9,12-20,22-25H2,1-7H3/b11-10+,26-21+/t27-,28+,29+,31-,32+,33-,34+,35+,36+,37-,38-,39+,40+,42+,43-,44+,45-,46-,47+/m1/s1. The molecule has 0 saturated carbocycles. The number of fused-ring (bicyclic) bond motifs is 10. The molecule has 0 aliphatic carbocycles. The van der Waals surface area contributed by atoms with Gasteiger partial charge in [0, 0.05) is 38.5 Å². The van der Waals surface area contributed by atoms with E-state index in [0.29, 0.717) is 44.9 Å². The first-order valence-corrected chi connectivity index (χ1v) is 23.3. The van der Waals surface area contributed by atoms with E-state index in [4.69, 9.17) is 42.6 Å². The predicted molar refractivity (Wildman–Crippen MR) is 218 cm³/mol. The Hall–Kier alpha value is -1.82. The van der Waals surface area contributed by atoms with E-state index in [-0.39, 0.29) is 43.2 Å². The first-order chi connectivity index (χ1) is 28.7. The van der Waals surface area contributed by atoms with Gasteiger partial charge < -0.3 is 58.0 Å². The zero-order valence-electron chi connectivity index (χ0n) is 37.2. The maximum atomic E-state index is 14.1. The minimum absolute atomic E-state index is 0.0222. The van der Waals surface area contributed by atoms with Gasteiger partial charge in [0.2, 0.25) is 5.79 Å². The Morgan fingerprint density at radius 1 is 0.754 bits per heavy atom. The summed E-state index contributed by atoms with van der Waals surface area (Å²) < 4.78 is 59.0. The number of aliphatic hydroxyl groups excluding tert-OH is 2. The van der Waals surface area contributed by atoms with Crippen LogP contribution in [0.25, 0.3) is 0 Å². The molecule has 342 valence electrons. The second-order valence-corrected chi connectivity index (χ2v) is 21.3. The predicted octanol–water partition coefficient (Wildman–Crippen LogP) is 5.25. The molecular formula is C47H70O14. The van der Waals surface area contributed by atoms with Crippen molar-refractivity contribution in [3.05, 3.63) is 23.8 Å². The molecule has 0 radical (unpaired) electrons. The van der Waals surface area contributed by atoms with Crippen LogP contribution in [-0.4, -0.2) is 129 Å². The van der Waals surface area contributed by atoms with Gasteiger partial charge in [-0.25, -0.2) is 0 Å². The summed E-state index contributed by atoms with van der Waals surface area (Å²) in [6.07, 6.45) is 6.36. The van der Waals surface area contributed by atoms with E-state index in [1.165, 1.54) is 0 Å². The molecule has 0 aromatic carbocycles. The van der Waals surface area contributed by atoms with Crippen LogP contribution in [0.15, 0.2) is 23.8 Å². The lowest BCUT2D eigenvalue weighted by molar-refractivity contribution is -0.359. The number of carbonyl (C=O) groups excluding carboxylic acids is 2. The Morgan fingerprint density at radius 2 is 1.54 bits per heavy atom. The monoisotopic (exact) mass is 858 g/mol. The lowest BCUT2D eigenvalue weighted by Crippen LogP contribution is -2.59. The molecule has 0 aromatic rings. The van der Waals surface area contributed by atoms with Crippen LogP contribution in [-0.2, 0) is 52.2 Å². The fourth-order valence-corrected chi connectivity index (χ4v) is 12.5. The molecule has 14 heteroatoms. The van der Waals surface area contributed by atoms with Crippen molar-refractivity contribution in [2.75, 3.05) is 6.61 Å². The zero-order chi connectivity index (χ0) is 43.3. The average molecular weight is 859 g/mol. The number of hydrogen-bond acceptors (Lipinski definition) is 14. The maximum absolute atomic E-state index is 14.1. The summed E-state index contributed by atoms with van der Waals surface area (Å²) in [6, 6.07) is 0. The van der Waals surface area contributed by atoms with E-state index >= 15 is 0 Å².